The predicted molar refractivity (Wildman–Crippen MR) is 41.7 cm³/mol. The Bertz CT molecular complexity index is 89.0. The van der Waals surface area contributed by atoms with Crippen molar-refractivity contribution in [2.75, 3.05) is 18.6 Å². The fraction of sp³-hybridized carbons (Fsp3) is 1.00. The summed E-state index contributed by atoms with van der Waals surface area (Å²) in [4.78, 5) is 0. The zero-order valence-corrected chi connectivity index (χ0v) is 6.87. The zero-order chi connectivity index (χ0) is 6.69. The highest BCUT2D eigenvalue weighted by atomic mass is 33.1. The summed E-state index contributed by atoms with van der Waals surface area (Å²) in [6.45, 7) is 0. The molecular weight excluding hydrogens is 156 g/mol. The minimum atomic E-state index is -0.263. The molecule has 1 saturated heterocycles. The summed E-state index contributed by atoms with van der Waals surface area (Å²) in [7, 11) is 5.12. The van der Waals surface area contributed by atoms with E-state index in [1.54, 1.807) is 28.7 Å². The Labute approximate surface area is 62.7 Å². The Balaban J connectivity index is 2.30. The van der Waals surface area contributed by atoms with Crippen molar-refractivity contribution in [3.05, 3.63) is 0 Å². The van der Waals surface area contributed by atoms with E-state index in [4.69, 9.17) is 4.74 Å². The standard InChI is InChI=1S/C5H10O2S2/c1-7-5-3-9-8-2-4(5)6/h4-6H,2-3H2,1H3/t4-,5+/m1/s1. The third-order valence-corrected chi connectivity index (χ3v) is 3.71. The van der Waals surface area contributed by atoms with Gasteiger partial charge in [-0.15, -0.1) is 0 Å². The molecule has 1 heterocycles. The van der Waals surface area contributed by atoms with Crippen LogP contribution in [0.15, 0.2) is 0 Å². The number of aliphatic hydroxyl groups excluding tert-OH is 1. The minimum absolute atomic E-state index is 0.0521. The van der Waals surface area contributed by atoms with Gasteiger partial charge in [-0.2, -0.15) is 0 Å². The van der Waals surface area contributed by atoms with E-state index in [2.05, 4.69) is 0 Å². The van der Waals surface area contributed by atoms with Crippen LogP contribution < -0.4 is 0 Å². The molecule has 1 fully saturated rings. The summed E-state index contributed by atoms with van der Waals surface area (Å²) in [5.74, 6) is 1.70. The van der Waals surface area contributed by atoms with E-state index >= 15 is 0 Å². The van der Waals surface area contributed by atoms with Crippen LogP contribution >= 0.6 is 21.6 Å². The third kappa shape index (κ3) is 2.04. The van der Waals surface area contributed by atoms with Gasteiger partial charge in [-0.25, -0.2) is 0 Å². The van der Waals surface area contributed by atoms with E-state index in [9.17, 15) is 5.11 Å². The summed E-state index contributed by atoms with van der Waals surface area (Å²) in [6, 6.07) is 0. The van der Waals surface area contributed by atoms with E-state index in [0.717, 1.165) is 11.5 Å². The average Bonchev–Trinajstić information content (AvgIpc) is 1.89. The summed E-state index contributed by atoms with van der Waals surface area (Å²) in [5.41, 5.74) is 0. The summed E-state index contributed by atoms with van der Waals surface area (Å²) in [6.07, 6.45) is -0.211. The molecule has 0 aromatic rings. The lowest BCUT2D eigenvalue weighted by molar-refractivity contribution is 0.0149. The molecule has 0 aromatic heterocycles. The maximum absolute atomic E-state index is 9.21. The monoisotopic (exact) mass is 166 g/mol. The van der Waals surface area contributed by atoms with Crippen LogP contribution in [0.1, 0.15) is 0 Å². The molecule has 1 N–H and O–H groups in total. The SMILES string of the molecule is CO[C@H]1CSSC[C@H]1O. The Hall–Kier alpha value is 0.620. The number of hydrogen-bond donors (Lipinski definition) is 1. The lowest BCUT2D eigenvalue weighted by Crippen LogP contribution is -2.34. The Morgan fingerprint density at radius 2 is 2.11 bits per heavy atom. The number of aliphatic hydroxyl groups is 1. The molecule has 0 saturated carbocycles. The summed E-state index contributed by atoms with van der Waals surface area (Å²) < 4.78 is 5.02. The van der Waals surface area contributed by atoms with Crippen molar-refractivity contribution in [1.82, 2.24) is 0 Å². The summed E-state index contributed by atoms with van der Waals surface area (Å²) >= 11 is 0. The van der Waals surface area contributed by atoms with Gasteiger partial charge in [0.1, 0.15) is 0 Å². The molecule has 1 rings (SSSR count). The fourth-order valence-corrected chi connectivity index (χ4v) is 3.11. The number of ether oxygens (including phenoxy) is 1. The predicted octanol–water partition coefficient (Wildman–Crippen LogP) is 0.757. The Kier molecular flexibility index (Phi) is 3.18. The second-order valence-corrected chi connectivity index (χ2v) is 4.46. The van der Waals surface area contributed by atoms with Crippen molar-refractivity contribution in [2.45, 2.75) is 12.2 Å². The van der Waals surface area contributed by atoms with Gasteiger partial charge in [-0.3, -0.25) is 0 Å². The lowest BCUT2D eigenvalue weighted by Gasteiger charge is -2.24. The van der Waals surface area contributed by atoms with Crippen LogP contribution in [0, 0.1) is 0 Å². The smallest absolute Gasteiger partial charge is 0.0937 e. The Morgan fingerprint density at radius 1 is 1.44 bits per heavy atom. The van der Waals surface area contributed by atoms with Crippen LogP contribution in [0.4, 0.5) is 0 Å². The van der Waals surface area contributed by atoms with Crippen molar-refractivity contribution in [3.63, 3.8) is 0 Å². The van der Waals surface area contributed by atoms with Gasteiger partial charge in [-0.05, 0) is 0 Å². The molecule has 0 aliphatic carbocycles. The number of rotatable bonds is 1. The molecule has 2 atom stereocenters. The zero-order valence-electron chi connectivity index (χ0n) is 5.24. The van der Waals surface area contributed by atoms with Crippen molar-refractivity contribution < 1.29 is 9.84 Å². The highest BCUT2D eigenvalue weighted by Gasteiger charge is 2.22. The van der Waals surface area contributed by atoms with Gasteiger partial charge in [-0.1, -0.05) is 21.6 Å². The van der Waals surface area contributed by atoms with E-state index in [-0.39, 0.29) is 12.2 Å². The van der Waals surface area contributed by atoms with Crippen LogP contribution in [-0.2, 0) is 4.74 Å². The first-order valence-electron chi connectivity index (χ1n) is 2.80. The van der Waals surface area contributed by atoms with Crippen molar-refractivity contribution >= 4 is 21.6 Å². The van der Waals surface area contributed by atoms with Crippen molar-refractivity contribution in [2.24, 2.45) is 0 Å². The second-order valence-electron chi connectivity index (χ2n) is 1.91. The Morgan fingerprint density at radius 3 is 2.56 bits per heavy atom. The van der Waals surface area contributed by atoms with Crippen LogP contribution in [0.5, 0.6) is 0 Å². The molecule has 0 aromatic carbocycles. The molecule has 0 bridgehead atoms. The summed E-state index contributed by atoms with van der Waals surface area (Å²) in [5, 5.41) is 9.21. The van der Waals surface area contributed by atoms with Gasteiger partial charge in [0, 0.05) is 18.6 Å². The first-order chi connectivity index (χ1) is 4.34. The quantitative estimate of drug-likeness (QED) is 0.582. The van der Waals surface area contributed by atoms with Crippen molar-refractivity contribution in [1.29, 1.82) is 0 Å². The maximum atomic E-state index is 9.21. The van der Waals surface area contributed by atoms with Crippen LogP contribution in [0.3, 0.4) is 0 Å². The van der Waals surface area contributed by atoms with Crippen LogP contribution in [0.25, 0.3) is 0 Å². The molecule has 0 radical (unpaired) electrons. The molecule has 1 aliphatic heterocycles. The van der Waals surface area contributed by atoms with Gasteiger partial charge in [0.15, 0.2) is 0 Å². The molecule has 9 heavy (non-hydrogen) atoms. The highest BCUT2D eigenvalue weighted by Crippen LogP contribution is 2.30. The van der Waals surface area contributed by atoms with Gasteiger partial charge < -0.3 is 9.84 Å². The third-order valence-electron chi connectivity index (χ3n) is 1.29. The van der Waals surface area contributed by atoms with E-state index in [1.807, 2.05) is 0 Å². The first kappa shape index (κ1) is 7.72. The number of methoxy groups -OCH3 is 1. The maximum Gasteiger partial charge on any atom is 0.0937 e. The van der Waals surface area contributed by atoms with Crippen LogP contribution in [-0.4, -0.2) is 35.9 Å². The first-order valence-corrected chi connectivity index (χ1v) is 5.28. The topological polar surface area (TPSA) is 29.5 Å². The van der Waals surface area contributed by atoms with Crippen LogP contribution in [0.2, 0.25) is 0 Å². The lowest BCUT2D eigenvalue weighted by atomic mass is 10.2. The van der Waals surface area contributed by atoms with Gasteiger partial charge >= 0.3 is 0 Å². The molecule has 0 spiro atoms. The number of hydrogen-bond acceptors (Lipinski definition) is 4. The normalized spacial score (nSPS) is 36.7. The molecule has 54 valence electrons. The largest absolute Gasteiger partial charge is 0.389 e. The molecular formula is C5H10O2S2. The van der Waals surface area contributed by atoms with Crippen molar-refractivity contribution in [3.8, 4) is 0 Å². The molecule has 0 amide bonds. The highest BCUT2D eigenvalue weighted by molar-refractivity contribution is 8.76. The van der Waals surface area contributed by atoms with Gasteiger partial charge in [0.05, 0.1) is 12.2 Å². The minimum Gasteiger partial charge on any atom is -0.389 e. The molecule has 2 nitrogen and oxygen atoms in total. The molecule has 0 unspecified atom stereocenters. The average molecular weight is 166 g/mol. The molecule has 1 aliphatic rings. The van der Waals surface area contributed by atoms with E-state index < -0.39 is 0 Å². The fourth-order valence-electron chi connectivity index (χ4n) is 0.677. The van der Waals surface area contributed by atoms with Gasteiger partial charge in [0.2, 0.25) is 0 Å². The van der Waals surface area contributed by atoms with E-state index in [0.29, 0.717) is 0 Å². The second kappa shape index (κ2) is 3.71. The van der Waals surface area contributed by atoms with Gasteiger partial charge in [0.25, 0.3) is 0 Å². The van der Waals surface area contributed by atoms with E-state index in [1.165, 1.54) is 0 Å². The molecule has 4 heteroatoms.